The lowest BCUT2D eigenvalue weighted by molar-refractivity contribution is 0.0251. The second-order valence-electron chi connectivity index (χ2n) is 7.45. The zero-order valence-corrected chi connectivity index (χ0v) is 12.9. The van der Waals surface area contributed by atoms with Gasteiger partial charge in [0.2, 0.25) is 0 Å². The van der Waals surface area contributed by atoms with Crippen LogP contribution in [0.1, 0.15) is 49.3 Å². The largest absolute Gasteiger partial charge is 0.508 e. The molecule has 1 aromatic rings. The summed E-state index contributed by atoms with van der Waals surface area (Å²) in [6.45, 7) is 4.31. The molecule has 0 spiro atoms. The van der Waals surface area contributed by atoms with Crippen molar-refractivity contribution in [3.05, 3.63) is 34.9 Å². The predicted molar refractivity (Wildman–Crippen MR) is 84.1 cm³/mol. The molecule has 4 rings (SSSR count). The number of allylic oxidation sites excluding steroid dienone is 2. The maximum absolute atomic E-state index is 10.4. The van der Waals surface area contributed by atoms with E-state index in [9.17, 15) is 10.2 Å². The average Bonchev–Trinajstić information content (AvgIpc) is 2.78. The fraction of sp³-hybridized carbons (Fsp3) is 0.579. The smallest absolute Gasteiger partial charge is 0.118 e. The third-order valence-corrected chi connectivity index (χ3v) is 6.59. The Hall–Kier alpha value is -1.28. The normalized spacial score (nSPS) is 37.5. The van der Waals surface area contributed by atoms with Crippen LogP contribution in [0, 0.1) is 24.2 Å². The zero-order chi connectivity index (χ0) is 14.8. The van der Waals surface area contributed by atoms with Crippen LogP contribution in [0.5, 0.6) is 5.75 Å². The maximum Gasteiger partial charge on any atom is 0.118 e. The molecule has 112 valence electrons. The molecule has 3 aliphatic carbocycles. The molecule has 2 heteroatoms. The van der Waals surface area contributed by atoms with E-state index in [1.54, 1.807) is 0 Å². The van der Waals surface area contributed by atoms with Crippen molar-refractivity contribution in [3.63, 3.8) is 0 Å². The summed E-state index contributed by atoms with van der Waals surface area (Å²) in [7, 11) is 0. The Labute approximate surface area is 126 Å². The summed E-state index contributed by atoms with van der Waals surface area (Å²) in [6.07, 6.45) is 7.57. The van der Waals surface area contributed by atoms with Crippen molar-refractivity contribution in [3.8, 4) is 5.75 Å². The van der Waals surface area contributed by atoms with Gasteiger partial charge in [0, 0.05) is 5.41 Å². The van der Waals surface area contributed by atoms with Gasteiger partial charge in [0.25, 0.3) is 0 Å². The Morgan fingerprint density at radius 2 is 2.00 bits per heavy atom. The highest BCUT2D eigenvalue weighted by molar-refractivity contribution is 5.75. The number of phenolic OH excluding ortho intramolecular Hbond substituents is 1. The molecule has 0 unspecified atom stereocenters. The number of benzene rings is 1. The van der Waals surface area contributed by atoms with Crippen molar-refractivity contribution < 1.29 is 10.2 Å². The first kappa shape index (κ1) is 13.4. The van der Waals surface area contributed by atoms with Crippen molar-refractivity contribution in [1.29, 1.82) is 0 Å². The van der Waals surface area contributed by atoms with Crippen molar-refractivity contribution >= 4 is 5.57 Å². The highest BCUT2D eigenvalue weighted by Crippen LogP contribution is 2.58. The van der Waals surface area contributed by atoms with Gasteiger partial charge in [-0.05, 0) is 79.2 Å². The lowest BCUT2D eigenvalue weighted by Gasteiger charge is -2.45. The zero-order valence-electron chi connectivity index (χ0n) is 12.9. The molecular weight excluding hydrogens is 260 g/mol. The molecule has 0 aromatic heterocycles. The van der Waals surface area contributed by atoms with Gasteiger partial charge < -0.3 is 10.2 Å². The van der Waals surface area contributed by atoms with E-state index in [0.717, 1.165) is 37.7 Å². The summed E-state index contributed by atoms with van der Waals surface area (Å²) in [4.78, 5) is 0. The molecule has 21 heavy (non-hydrogen) atoms. The van der Waals surface area contributed by atoms with Gasteiger partial charge in [-0.15, -0.1) is 0 Å². The van der Waals surface area contributed by atoms with Gasteiger partial charge in [0.05, 0.1) is 6.10 Å². The summed E-state index contributed by atoms with van der Waals surface area (Å²) in [5.41, 5.74) is 5.30. The van der Waals surface area contributed by atoms with Gasteiger partial charge in [-0.25, -0.2) is 0 Å². The number of fused-ring (bicyclic) bond motifs is 5. The van der Waals surface area contributed by atoms with Crippen molar-refractivity contribution in [1.82, 2.24) is 0 Å². The molecule has 0 saturated heterocycles. The molecule has 4 atom stereocenters. The Morgan fingerprint density at radius 3 is 2.81 bits per heavy atom. The number of aliphatic hydroxyl groups excluding tert-OH is 1. The quantitative estimate of drug-likeness (QED) is 0.760. The topological polar surface area (TPSA) is 40.5 Å². The first-order valence-corrected chi connectivity index (χ1v) is 8.22. The molecule has 3 aliphatic rings. The summed E-state index contributed by atoms with van der Waals surface area (Å²) < 4.78 is 0. The summed E-state index contributed by atoms with van der Waals surface area (Å²) in [6, 6.07) is 3.94. The Balaban J connectivity index is 1.82. The van der Waals surface area contributed by atoms with Gasteiger partial charge in [-0.2, -0.15) is 0 Å². The standard InChI is InChI=1S/C19H24O2/c1-11-12-3-4-15-14(13(12)5-7-17(11)20)9-10-19(2)16(15)6-8-18(19)21/h5,7,9,15-16,18,20-21H,3-4,6,8,10H2,1-2H3/t15-,16+,18+,19+/m1/s1. The fourth-order valence-corrected chi connectivity index (χ4v) is 5.19. The number of hydrogen-bond acceptors (Lipinski definition) is 2. The molecular formula is C19H24O2. The number of aromatic hydroxyl groups is 1. The van der Waals surface area contributed by atoms with Crippen molar-refractivity contribution in [2.75, 3.05) is 0 Å². The molecule has 2 nitrogen and oxygen atoms in total. The minimum absolute atomic E-state index is 0.0810. The molecule has 1 fully saturated rings. The van der Waals surface area contributed by atoms with Gasteiger partial charge in [0.15, 0.2) is 0 Å². The van der Waals surface area contributed by atoms with Crippen LogP contribution in [0.25, 0.3) is 5.57 Å². The van der Waals surface area contributed by atoms with E-state index in [0.29, 0.717) is 17.6 Å². The average molecular weight is 284 g/mol. The summed E-state index contributed by atoms with van der Waals surface area (Å²) >= 11 is 0. The van der Waals surface area contributed by atoms with Crippen LogP contribution in [0.15, 0.2) is 18.2 Å². The highest BCUT2D eigenvalue weighted by atomic mass is 16.3. The molecule has 0 heterocycles. The third-order valence-electron chi connectivity index (χ3n) is 6.59. The molecule has 0 amide bonds. The molecule has 0 bridgehead atoms. The second-order valence-corrected chi connectivity index (χ2v) is 7.45. The Bertz CT molecular complexity index is 631. The number of hydrogen-bond donors (Lipinski definition) is 2. The molecule has 0 aliphatic heterocycles. The summed E-state index contributed by atoms with van der Waals surface area (Å²) in [5.74, 6) is 1.64. The van der Waals surface area contributed by atoms with Gasteiger partial charge in [-0.3, -0.25) is 0 Å². The van der Waals surface area contributed by atoms with Crippen LogP contribution in [0.4, 0.5) is 0 Å². The first-order valence-electron chi connectivity index (χ1n) is 8.22. The molecule has 2 N–H and O–H groups in total. The summed E-state index contributed by atoms with van der Waals surface area (Å²) in [5, 5.41) is 20.3. The van der Waals surface area contributed by atoms with Crippen LogP contribution in [-0.2, 0) is 6.42 Å². The Kier molecular flexibility index (Phi) is 2.78. The van der Waals surface area contributed by atoms with Crippen molar-refractivity contribution in [2.24, 2.45) is 17.3 Å². The molecule has 1 aromatic carbocycles. The van der Waals surface area contributed by atoms with Crippen LogP contribution < -0.4 is 0 Å². The van der Waals surface area contributed by atoms with Crippen LogP contribution >= 0.6 is 0 Å². The van der Waals surface area contributed by atoms with Gasteiger partial charge >= 0.3 is 0 Å². The van der Waals surface area contributed by atoms with E-state index in [4.69, 9.17) is 0 Å². The minimum Gasteiger partial charge on any atom is -0.508 e. The van der Waals surface area contributed by atoms with E-state index in [-0.39, 0.29) is 11.5 Å². The van der Waals surface area contributed by atoms with Crippen LogP contribution in [0.3, 0.4) is 0 Å². The van der Waals surface area contributed by atoms with Crippen LogP contribution in [-0.4, -0.2) is 16.3 Å². The number of aliphatic hydroxyl groups is 1. The highest BCUT2D eigenvalue weighted by Gasteiger charge is 2.51. The molecule has 0 radical (unpaired) electrons. The van der Waals surface area contributed by atoms with E-state index in [1.807, 2.05) is 13.0 Å². The van der Waals surface area contributed by atoms with E-state index in [2.05, 4.69) is 19.1 Å². The van der Waals surface area contributed by atoms with E-state index in [1.165, 1.54) is 16.7 Å². The SMILES string of the molecule is Cc1c(O)ccc2c1CC[C@@H]1C2=CC[C@]2(C)[C@@H](O)CC[C@@H]12. The lowest BCUT2D eigenvalue weighted by atomic mass is 9.59. The minimum atomic E-state index is -0.136. The van der Waals surface area contributed by atoms with Gasteiger partial charge in [-0.1, -0.05) is 19.1 Å². The third kappa shape index (κ3) is 1.69. The lowest BCUT2D eigenvalue weighted by Crippen LogP contribution is -2.40. The monoisotopic (exact) mass is 284 g/mol. The first-order chi connectivity index (χ1) is 10.0. The van der Waals surface area contributed by atoms with E-state index >= 15 is 0 Å². The number of rotatable bonds is 0. The molecule has 1 saturated carbocycles. The van der Waals surface area contributed by atoms with E-state index < -0.39 is 0 Å². The fourth-order valence-electron chi connectivity index (χ4n) is 5.19. The number of phenols is 1. The predicted octanol–water partition coefficient (Wildman–Crippen LogP) is 3.83. The maximum atomic E-state index is 10.4. The van der Waals surface area contributed by atoms with Gasteiger partial charge in [0.1, 0.15) is 5.75 Å². The van der Waals surface area contributed by atoms with Crippen molar-refractivity contribution in [2.45, 2.75) is 52.1 Å². The Morgan fingerprint density at radius 1 is 1.19 bits per heavy atom. The second kappa shape index (κ2) is 4.36. The van der Waals surface area contributed by atoms with Crippen LogP contribution in [0.2, 0.25) is 0 Å².